The summed E-state index contributed by atoms with van der Waals surface area (Å²) in [4.78, 5) is 17.0. The summed E-state index contributed by atoms with van der Waals surface area (Å²) in [6.07, 6.45) is 2.03. The van der Waals surface area contributed by atoms with Crippen molar-refractivity contribution in [2.24, 2.45) is 0 Å². The van der Waals surface area contributed by atoms with Crippen molar-refractivity contribution >= 4 is 40.3 Å². The normalized spacial score (nSPS) is 10.9. The Kier molecular flexibility index (Phi) is 5.43. The summed E-state index contributed by atoms with van der Waals surface area (Å²) in [6, 6.07) is 15.4. The zero-order chi connectivity index (χ0) is 16.9. The highest BCUT2D eigenvalue weighted by atomic mass is 35.5. The number of nitrogens with zero attached hydrogens (tertiary/aromatic N) is 2. The van der Waals surface area contributed by atoms with Gasteiger partial charge in [0.2, 0.25) is 5.91 Å². The minimum absolute atomic E-state index is 0.0412. The summed E-state index contributed by atoms with van der Waals surface area (Å²) in [5.41, 5.74) is 2.89. The zero-order valence-corrected chi connectivity index (χ0v) is 14.9. The van der Waals surface area contributed by atoms with E-state index in [0.717, 1.165) is 28.2 Å². The van der Waals surface area contributed by atoms with Crippen LogP contribution in [0.15, 0.2) is 48.5 Å². The molecule has 0 aliphatic heterocycles. The molecule has 1 amide bonds. The number of amides is 1. The Labute approximate surface area is 150 Å². The molecule has 0 saturated carbocycles. The minimum atomic E-state index is -0.0412. The molecule has 6 heteroatoms. The van der Waals surface area contributed by atoms with Crippen molar-refractivity contribution in [3.05, 3.63) is 64.9 Å². The van der Waals surface area contributed by atoms with Crippen LogP contribution in [0, 0.1) is 0 Å². The summed E-state index contributed by atoms with van der Waals surface area (Å²) in [5.74, 6) is 1.65. The molecule has 0 aliphatic rings. The lowest BCUT2D eigenvalue weighted by Gasteiger charge is -2.10. The molecule has 1 N–H and O–H groups in total. The first-order valence-corrected chi connectivity index (χ1v) is 9.39. The average Bonchev–Trinajstić information content (AvgIpc) is 2.91. The number of carbonyl (C=O) groups excluding carboxylic acids is 1. The van der Waals surface area contributed by atoms with E-state index in [-0.39, 0.29) is 12.5 Å². The fraction of sp³-hybridized carbons (Fsp3) is 0.222. The third-order valence-corrected chi connectivity index (χ3v) is 4.47. The van der Waals surface area contributed by atoms with Gasteiger partial charge in [0.25, 0.3) is 0 Å². The number of rotatable bonds is 6. The van der Waals surface area contributed by atoms with Crippen LogP contribution in [-0.4, -0.2) is 21.7 Å². The highest BCUT2D eigenvalue weighted by Gasteiger charge is 2.13. The van der Waals surface area contributed by atoms with Crippen molar-refractivity contribution in [2.45, 2.75) is 18.8 Å². The Hall–Kier alpha value is -1.98. The number of benzene rings is 2. The quantitative estimate of drug-likeness (QED) is 0.726. The first kappa shape index (κ1) is 16.9. The molecule has 0 fully saturated rings. The van der Waals surface area contributed by atoms with Gasteiger partial charge in [-0.05, 0) is 36.1 Å². The second-order valence-electron chi connectivity index (χ2n) is 5.44. The van der Waals surface area contributed by atoms with Crippen LogP contribution >= 0.6 is 23.4 Å². The number of imidazole rings is 1. The minimum Gasteiger partial charge on any atom is -0.350 e. The molecule has 0 atom stereocenters. The van der Waals surface area contributed by atoms with Gasteiger partial charge in [-0.15, -0.1) is 0 Å². The number of para-hydroxylation sites is 2. The lowest BCUT2D eigenvalue weighted by Crippen LogP contribution is -2.27. The fourth-order valence-corrected chi connectivity index (χ4v) is 3.28. The van der Waals surface area contributed by atoms with Crippen molar-refractivity contribution in [2.75, 3.05) is 6.26 Å². The van der Waals surface area contributed by atoms with Crippen LogP contribution in [-0.2, 0) is 23.6 Å². The predicted octanol–water partition coefficient (Wildman–Crippen LogP) is 3.87. The van der Waals surface area contributed by atoms with E-state index in [4.69, 9.17) is 11.6 Å². The molecule has 4 nitrogen and oxygen atoms in total. The molecule has 1 heterocycles. The summed E-state index contributed by atoms with van der Waals surface area (Å²) >= 11 is 7.66. The van der Waals surface area contributed by atoms with Gasteiger partial charge in [0.05, 0.1) is 16.8 Å². The molecular formula is C18H18ClN3OS. The van der Waals surface area contributed by atoms with Crippen molar-refractivity contribution in [3.63, 3.8) is 0 Å². The van der Waals surface area contributed by atoms with Crippen LogP contribution < -0.4 is 5.32 Å². The molecule has 0 aliphatic carbocycles. The van der Waals surface area contributed by atoms with Crippen molar-refractivity contribution < 1.29 is 4.79 Å². The Morgan fingerprint density at radius 3 is 2.88 bits per heavy atom. The molecule has 0 radical (unpaired) electrons. The summed E-state index contributed by atoms with van der Waals surface area (Å²) in [6.45, 7) is 0.723. The average molecular weight is 360 g/mol. The van der Waals surface area contributed by atoms with E-state index in [0.29, 0.717) is 11.6 Å². The lowest BCUT2D eigenvalue weighted by molar-refractivity contribution is -0.121. The molecule has 3 aromatic rings. The fourth-order valence-electron chi connectivity index (χ4n) is 2.59. The van der Waals surface area contributed by atoms with Crippen LogP contribution in [0.3, 0.4) is 0 Å². The summed E-state index contributed by atoms with van der Waals surface area (Å²) < 4.78 is 1.99. The molecule has 24 heavy (non-hydrogen) atoms. The standard InChI is InChI=1S/C18H18ClN3OS/c1-24-12-17-21-15-7-2-3-8-16(15)22(17)11-18(23)20-10-13-5-4-6-14(19)9-13/h2-9H,10-12H2,1H3,(H,20,23). The van der Waals surface area contributed by atoms with Crippen LogP contribution in [0.1, 0.15) is 11.4 Å². The molecule has 2 aromatic carbocycles. The SMILES string of the molecule is CSCc1nc2ccccc2n1CC(=O)NCc1cccc(Cl)c1. The molecule has 0 unspecified atom stereocenters. The molecule has 0 saturated heterocycles. The van der Waals surface area contributed by atoms with Gasteiger partial charge in [-0.25, -0.2) is 4.98 Å². The number of thioether (sulfide) groups is 1. The van der Waals surface area contributed by atoms with E-state index >= 15 is 0 Å². The first-order chi connectivity index (χ1) is 11.7. The lowest BCUT2D eigenvalue weighted by atomic mass is 10.2. The Bertz CT molecular complexity index is 862. The molecule has 3 rings (SSSR count). The van der Waals surface area contributed by atoms with Gasteiger partial charge < -0.3 is 9.88 Å². The Morgan fingerprint density at radius 2 is 2.08 bits per heavy atom. The topological polar surface area (TPSA) is 46.9 Å². The molecule has 124 valence electrons. The summed E-state index contributed by atoms with van der Waals surface area (Å²) in [5, 5.41) is 3.62. The summed E-state index contributed by atoms with van der Waals surface area (Å²) in [7, 11) is 0. The highest BCUT2D eigenvalue weighted by molar-refractivity contribution is 7.97. The number of aromatic nitrogens is 2. The van der Waals surface area contributed by atoms with E-state index in [2.05, 4.69) is 10.3 Å². The second-order valence-corrected chi connectivity index (χ2v) is 6.75. The van der Waals surface area contributed by atoms with E-state index in [1.807, 2.05) is 59.4 Å². The van der Waals surface area contributed by atoms with Crippen LogP contribution in [0.2, 0.25) is 5.02 Å². The first-order valence-electron chi connectivity index (χ1n) is 7.61. The second kappa shape index (κ2) is 7.73. The third kappa shape index (κ3) is 3.91. The molecule has 1 aromatic heterocycles. The number of nitrogens with one attached hydrogen (secondary N) is 1. The van der Waals surface area contributed by atoms with E-state index in [9.17, 15) is 4.79 Å². The van der Waals surface area contributed by atoms with E-state index < -0.39 is 0 Å². The maximum atomic E-state index is 12.4. The number of halogens is 1. The maximum absolute atomic E-state index is 12.4. The number of carbonyl (C=O) groups is 1. The van der Waals surface area contributed by atoms with Gasteiger partial charge in [-0.3, -0.25) is 4.79 Å². The predicted molar refractivity (Wildman–Crippen MR) is 100 cm³/mol. The largest absolute Gasteiger partial charge is 0.350 e. The van der Waals surface area contributed by atoms with Gasteiger partial charge >= 0.3 is 0 Å². The van der Waals surface area contributed by atoms with E-state index in [1.54, 1.807) is 11.8 Å². The molecular weight excluding hydrogens is 342 g/mol. The zero-order valence-electron chi connectivity index (χ0n) is 13.3. The number of hydrogen-bond donors (Lipinski definition) is 1. The Balaban J connectivity index is 1.74. The maximum Gasteiger partial charge on any atom is 0.240 e. The van der Waals surface area contributed by atoms with Crippen LogP contribution in [0.4, 0.5) is 0 Å². The van der Waals surface area contributed by atoms with Gasteiger partial charge in [-0.2, -0.15) is 11.8 Å². The van der Waals surface area contributed by atoms with Gasteiger partial charge in [0.1, 0.15) is 12.4 Å². The van der Waals surface area contributed by atoms with Gasteiger partial charge in [0.15, 0.2) is 0 Å². The monoisotopic (exact) mass is 359 g/mol. The molecule has 0 bridgehead atoms. The van der Waals surface area contributed by atoms with Crippen molar-refractivity contribution in [3.8, 4) is 0 Å². The number of hydrogen-bond acceptors (Lipinski definition) is 3. The van der Waals surface area contributed by atoms with Crippen molar-refractivity contribution in [1.29, 1.82) is 0 Å². The van der Waals surface area contributed by atoms with E-state index in [1.165, 1.54) is 0 Å². The third-order valence-electron chi connectivity index (χ3n) is 3.69. The molecule has 0 spiro atoms. The van der Waals surface area contributed by atoms with Gasteiger partial charge in [0, 0.05) is 11.6 Å². The smallest absolute Gasteiger partial charge is 0.240 e. The highest BCUT2D eigenvalue weighted by Crippen LogP contribution is 2.19. The van der Waals surface area contributed by atoms with Crippen LogP contribution in [0.25, 0.3) is 11.0 Å². The van der Waals surface area contributed by atoms with Crippen molar-refractivity contribution in [1.82, 2.24) is 14.9 Å². The van der Waals surface area contributed by atoms with Gasteiger partial charge in [-0.1, -0.05) is 35.9 Å². The number of fused-ring (bicyclic) bond motifs is 1. The van der Waals surface area contributed by atoms with Crippen LogP contribution in [0.5, 0.6) is 0 Å². The Morgan fingerprint density at radius 1 is 1.25 bits per heavy atom.